The fourth-order valence-corrected chi connectivity index (χ4v) is 2.78. The second-order valence-corrected chi connectivity index (χ2v) is 5.83. The standard InChI is InChI=1S/C12H18N4O2S/c1-7-8(2)19-11(15-7)3-4-14-12(18)9-5-13-6-10(17)16-9/h9,13H,3-6H2,1-2H3,(H,14,18)(H,16,17). The third-order valence-electron chi connectivity index (χ3n) is 3.00. The van der Waals surface area contributed by atoms with Crippen LogP contribution in [0, 0.1) is 13.8 Å². The number of thiazole rings is 1. The van der Waals surface area contributed by atoms with Crippen molar-refractivity contribution in [2.75, 3.05) is 19.6 Å². The molecule has 2 rings (SSSR count). The van der Waals surface area contributed by atoms with Gasteiger partial charge in [-0.15, -0.1) is 11.3 Å². The molecule has 0 radical (unpaired) electrons. The summed E-state index contributed by atoms with van der Waals surface area (Å²) in [4.78, 5) is 28.6. The van der Waals surface area contributed by atoms with E-state index in [1.807, 2.05) is 13.8 Å². The average Bonchev–Trinajstić information content (AvgIpc) is 2.68. The molecule has 0 saturated carbocycles. The Morgan fingerprint density at radius 3 is 2.95 bits per heavy atom. The number of aromatic nitrogens is 1. The first kappa shape index (κ1) is 14.0. The predicted molar refractivity (Wildman–Crippen MR) is 73.1 cm³/mol. The highest BCUT2D eigenvalue weighted by Gasteiger charge is 2.23. The molecule has 0 spiro atoms. The maximum absolute atomic E-state index is 11.8. The van der Waals surface area contributed by atoms with Gasteiger partial charge in [0.25, 0.3) is 0 Å². The third-order valence-corrected chi connectivity index (χ3v) is 4.13. The topological polar surface area (TPSA) is 83.1 Å². The van der Waals surface area contributed by atoms with Crippen LogP contribution in [0.5, 0.6) is 0 Å². The highest BCUT2D eigenvalue weighted by molar-refractivity contribution is 7.11. The number of carbonyl (C=O) groups is 2. The molecule has 1 aromatic heterocycles. The van der Waals surface area contributed by atoms with Gasteiger partial charge in [0.2, 0.25) is 11.8 Å². The molecule has 1 saturated heterocycles. The van der Waals surface area contributed by atoms with Crippen LogP contribution in [0.1, 0.15) is 15.6 Å². The Labute approximate surface area is 116 Å². The van der Waals surface area contributed by atoms with E-state index in [1.54, 1.807) is 11.3 Å². The quantitative estimate of drug-likeness (QED) is 0.696. The molecule has 0 aliphatic carbocycles. The molecule has 1 aliphatic heterocycles. The summed E-state index contributed by atoms with van der Waals surface area (Å²) in [5.74, 6) is -0.289. The average molecular weight is 282 g/mol. The molecule has 6 nitrogen and oxygen atoms in total. The van der Waals surface area contributed by atoms with Gasteiger partial charge in [0, 0.05) is 24.4 Å². The molecule has 1 aliphatic rings. The fourth-order valence-electron chi connectivity index (χ4n) is 1.85. The SMILES string of the molecule is Cc1nc(CCNC(=O)C2CNCC(=O)N2)sc1C. The summed E-state index contributed by atoms with van der Waals surface area (Å²) in [5, 5.41) is 9.40. The smallest absolute Gasteiger partial charge is 0.243 e. The van der Waals surface area contributed by atoms with Crippen LogP contribution >= 0.6 is 11.3 Å². The largest absolute Gasteiger partial charge is 0.354 e. The summed E-state index contributed by atoms with van der Waals surface area (Å²) in [6.07, 6.45) is 0.721. The molecular weight excluding hydrogens is 264 g/mol. The van der Waals surface area contributed by atoms with Gasteiger partial charge in [-0.3, -0.25) is 9.59 Å². The molecule has 19 heavy (non-hydrogen) atoms. The molecular formula is C12H18N4O2S. The number of nitrogens with zero attached hydrogens (tertiary/aromatic N) is 1. The van der Waals surface area contributed by atoms with Crippen molar-refractivity contribution in [2.45, 2.75) is 26.3 Å². The summed E-state index contributed by atoms with van der Waals surface area (Å²) in [6.45, 7) is 5.32. The van der Waals surface area contributed by atoms with Gasteiger partial charge in [-0.2, -0.15) is 0 Å². The van der Waals surface area contributed by atoms with Gasteiger partial charge in [0.05, 0.1) is 17.2 Å². The zero-order chi connectivity index (χ0) is 13.8. The summed E-state index contributed by atoms with van der Waals surface area (Å²) in [6, 6.07) is -0.471. The van der Waals surface area contributed by atoms with Crippen molar-refractivity contribution in [1.29, 1.82) is 0 Å². The maximum atomic E-state index is 11.8. The van der Waals surface area contributed by atoms with E-state index in [1.165, 1.54) is 4.88 Å². The van der Waals surface area contributed by atoms with Gasteiger partial charge in [0.15, 0.2) is 0 Å². The van der Waals surface area contributed by atoms with Gasteiger partial charge < -0.3 is 16.0 Å². The highest BCUT2D eigenvalue weighted by Crippen LogP contribution is 2.16. The number of rotatable bonds is 4. The highest BCUT2D eigenvalue weighted by atomic mass is 32.1. The van der Waals surface area contributed by atoms with Gasteiger partial charge in [-0.25, -0.2) is 4.98 Å². The van der Waals surface area contributed by atoms with Crippen LogP contribution in [0.25, 0.3) is 0 Å². The lowest BCUT2D eigenvalue weighted by Gasteiger charge is -2.23. The molecule has 2 heterocycles. The van der Waals surface area contributed by atoms with Crippen LogP contribution < -0.4 is 16.0 Å². The Hall–Kier alpha value is -1.47. The first-order valence-corrected chi connectivity index (χ1v) is 7.08. The summed E-state index contributed by atoms with van der Waals surface area (Å²) < 4.78 is 0. The lowest BCUT2D eigenvalue weighted by molar-refractivity contribution is -0.130. The molecule has 0 aromatic carbocycles. The van der Waals surface area contributed by atoms with Crippen LogP contribution in [0.3, 0.4) is 0 Å². The Morgan fingerprint density at radius 2 is 2.32 bits per heavy atom. The monoisotopic (exact) mass is 282 g/mol. The second-order valence-electron chi connectivity index (χ2n) is 4.54. The Bertz CT molecular complexity index is 467. The van der Waals surface area contributed by atoms with Crippen molar-refractivity contribution in [3.8, 4) is 0 Å². The van der Waals surface area contributed by atoms with Gasteiger partial charge >= 0.3 is 0 Å². The third kappa shape index (κ3) is 3.74. The van der Waals surface area contributed by atoms with Crippen molar-refractivity contribution < 1.29 is 9.59 Å². The van der Waals surface area contributed by atoms with E-state index < -0.39 is 6.04 Å². The number of hydrogen-bond acceptors (Lipinski definition) is 5. The van der Waals surface area contributed by atoms with Crippen molar-refractivity contribution in [1.82, 2.24) is 20.9 Å². The lowest BCUT2D eigenvalue weighted by Crippen LogP contribution is -2.58. The van der Waals surface area contributed by atoms with Crippen LogP contribution in [0.15, 0.2) is 0 Å². The van der Waals surface area contributed by atoms with Crippen molar-refractivity contribution >= 4 is 23.2 Å². The van der Waals surface area contributed by atoms with E-state index in [2.05, 4.69) is 20.9 Å². The van der Waals surface area contributed by atoms with E-state index in [0.717, 1.165) is 17.1 Å². The summed E-state index contributed by atoms with van der Waals surface area (Å²) >= 11 is 1.66. The summed E-state index contributed by atoms with van der Waals surface area (Å²) in [7, 11) is 0. The summed E-state index contributed by atoms with van der Waals surface area (Å²) in [5.41, 5.74) is 1.05. The second kappa shape index (κ2) is 6.12. The number of amides is 2. The van der Waals surface area contributed by atoms with E-state index in [0.29, 0.717) is 13.1 Å². The van der Waals surface area contributed by atoms with E-state index >= 15 is 0 Å². The van der Waals surface area contributed by atoms with Gasteiger partial charge in [0.1, 0.15) is 6.04 Å². The first-order chi connectivity index (χ1) is 9.06. The van der Waals surface area contributed by atoms with E-state index in [4.69, 9.17) is 0 Å². The zero-order valence-corrected chi connectivity index (χ0v) is 11.9. The van der Waals surface area contributed by atoms with Gasteiger partial charge in [-0.05, 0) is 13.8 Å². The number of carbonyl (C=O) groups excluding carboxylic acids is 2. The maximum Gasteiger partial charge on any atom is 0.243 e. The van der Waals surface area contributed by atoms with Crippen molar-refractivity contribution in [3.63, 3.8) is 0 Å². The van der Waals surface area contributed by atoms with Gasteiger partial charge in [-0.1, -0.05) is 0 Å². The first-order valence-electron chi connectivity index (χ1n) is 6.27. The molecule has 0 bridgehead atoms. The van der Waals surface area contributed by atoms with E-state index in [9.17, 15) is 9.59 Å². The molecule has 1 unspecified atom stereocenters. The Morgan fingerprint density at radius 1 is 1.53 bits per heavy atom. The molecule has 1 atom stereocenters. The van der Waals surface area contributed by atoms with Crippen molar-refractivity contribution in [2.24, 2.45) is 0 Å². The number of hydrogen-bond donors (Lipinski definition) is 3. The lowest BCUT2D eigenvalue weighted by atomic mass is 10.2. The number of piperazine rings is 1. The minimum atomic E-state index is -0.471. The van der Waals surface area contributed by atoms with Crippen LogP contribution in [0.2, 0.25) is 0 Å². The van der Waals surface area contributed by atoms with Crippen LogP contribution in [-0.4, -0.2) is 42.5 Å². The van der Waals surface area contributed by atoms with Crippen LogP contribution in [-0.2, 0) is 16.0 Å². The Kier molecular flexibility index (Phi) is 4.49. The molecule has 1 aromatic rings. The Balaban J connectivity index is 1.76. The van der Waals surface area contributed by atoms with E-state index in [-0.39, 0.29) is 18.4 Å². The molecule has 1 fully saturated rings. The number of nitrogens with one attached hydrogen (secondary N) is 3. The molecule has 7 heteroatoms. The molecule has 104 valence electrons. The zero-order valence-electron chi connectivity index (χ0n) is 11.1. The normalized spacial score (nSPS) is 19.1. The van der Waals surface area contributed by atoms with Crippen LogP contribution in [0.4, 0.5) is 0 Å². The minimum absolute atomic E-state index is 0.141. The fraction of sp³-hybridized carbons (Fsp3) is 0.583. The molecule has 2 amide bonds. The number of aryl methyl sites for hydroxylation is 2. The van der Waals surface area contributed by atoms with Crippen molar-refractivity contribution in [3.05, 3.63) is 15.6 Å². The molecule has 3 N–H and O–H groups in total. The predicted octanol–water partition coefficient (Wildman–Crippen LogP) is -0.493. The minimum Gasteiger partial charge on any atom is -0.354 e.